The molecule has 2 unspecified atom stereocenters. The van der Waals surface area contributed by atoms with Crippen LogP contribution in [0.3, 0.4) is 0 Å². The van der Waals surface area contributed by atoms with Crippen molar-refractivity contribution < 1.29 is 0 Å². The minimum Gasteiger partial charge on any atom is -0.309 e. The van der Waals surface area contributed by atoms with Gasteiger partial charge in [0.25, 0.3) is 0 Å². The Balaban J connectivity index is 1.80. The third-order valence-corrected chi connectivity index (χ3v) is 3.70. The molecular formula is C12H23N. The molecule has 0 spiro atoms. The molecule has 0 aromatic heterocycles. The molecule has 2 rings (SSSR count). The lowest BCUT2D eigenvalue weighted by molar-refractivity contribution is 0.0674. The predicted octanol–water partition coefficient (Wildman–Crippen LogP) is 2.95. The SMILES string of the molecule is CC(C)(C)NC1CCC1C1CCC1. The van der Waals surface area contributed by atoms with E-state index >= 15 is 0 Å². The molecule has 0 aliphatic heterocycles. The molecule has 0 radical (unpaired) electrons. The third-order valence-electron chi connectivity index (χ3n) is 3.70. The zero-order valence-electron chi connectivity index (χ0n) is 9.27. The van der Waals surface area contributed by atoms with Gasteiger partial charge in [0.1, 0.15) is 0 Å². The maximum Gasteiger partial charge on any atom is 0.0103 e. The van der Waals surface area contributed by atoms with E-state index < -0.39 is 0 Å². The van der Waals surface area contributed by atoms with E-state index in [1.807, 2.05) is 0 Å². The second-order valence-electron chi connectivity index (χ2n) is 5.93. The number of hydrogen-bond donors (Lipinski definition) is 1. The predicted molar refractivity (Wildman–Crippen MR) is 56.7 cm³/mol. The molecule has 2 aliphatic carbocycles. The summed E-state index contributed by atoms with van der Waals surface area (Å²) in [4.78, 5) is 0. The van der Waals surface area contributed by atoms with E-state index in [1.165, 1.54) is 32.1 Å². The van der Waals surface area contributed by atoms with Crippen molar-refractivity contribution in [3.05, 3.63) is 0 Å². The maximum absolute atomic E-state index is 3.75. The molecule has 1 nitrogen and oxygen atoms in total. The number of hydrogen-bond acceptors (Lipinski definition) is 1. The van der Waals surface area contributed by atoms with Crippen molar-refractivity contribution >= 4 is 0 Å². The van der Waals surface area contributed by atoms with E-state index in [4.69, 9.17) is 0 Å². The van der Waals surface area contributed by atoms with Crippen molar-refractivity contribution in [1.82, 2.24) is 5.32 Å². The molecule has 2 saturated carbocycles. The molecule has 0 heterocycles. The van der Waals surface area contributed by atoms with E-state index in [2.05, 4.69) is 26.1 Å². The van der Waals surface area contributed by atoms with Gasteiger partial charge in [0.15, 0.2) is 0 Å². The van der Waals surface area contributed by atoms with Crippen LogP contribution in [-0.4, -0.2) is 11.6 Å². The Hall–Kier alpha value is -0.0400. The number of nitrogens with one attached hydrogen (secondary N) is 1. The molecule has 0 amide bonds. The monoisotopic (exact) mass is 181 g/mol. The maximum atomic E-state index is 3.75. The van der Waals surface area contributed by atoms with Crippen molar-refractivity contribution in [3.63, 3.8) is 0 Å². The molecule has 2 fully saturated rings. The average molecular weight is 181 g/mol. The highest BCUT2D eigenvalue weighted by molar-refractivity contribution is 4.96. The first kappa shape index (κ1) is 9.51. The van der Waals surface area contributed by atoms with Gasteiger partial charge < -0.3 is 5.32 Å². The molecule has 0 saturated heterocycles. The van der Waals surface area contributed by atoms with Crippen LogP contribution in [0.15, 0.2) is 0 Å². The first-order valence-electron chi connectivity index (χ1n) is 5.84. The molecule has 0 aromatic carbocycles. The van der Waals surface area contributed by atoms with Gasteiger partial charge in [-0.1, -0.05) is 19.3 Å². The summed E-state index contributed by atoms with van der Waals surface area (Å²) in [6.07, 6.45) is 7.40. The minimum absolute atomic E-state index is 0.313. The second kappa shape index (κ2) is 3.27. The average Bonchev–Trinajstić information content (AvgIpc) is 1.88. The van der Waals surface area contributed by atoms with E-state index in [0.29, 0.717) is 5.54 Å². The first-order valence-corrected chi connectivity index (χ1v) is 5.84. The van der Waals surface area contributed by atoms with Crippen LogP contribution in [0.25, 0.3) is 0 Å². The van der Waals surface area contributed by atoms with E-state index in [9.17, 15) is 0 Å². The van der Waals surface area contributed by atoms with Crippen LogP contribution in [0, 0.1) is 11.8 Å². The highest BCUT2D eigenvalue weighted by Crippen LogP contribution is 2.44. The summed E-state index contributed by atoms with van der Waals surface area (Å²) in [7, 11) is 0. The first-order chi connectivity index (χ1) is 6.06. The van der Waals surface area contributed by atoms with Gasteiger partial charge in [-0.15, -0.1) is 0 Å². The molecule has 1 heteroatoms. The Morgan fingerprint density at radius 2 is 1.69 bits per heavy atom. The highest BCUT2D eigenvalue weighted by Gasteiger charge is 2.40. The molecule has 2 aliphatic rings. The Kier molecular flexibility index (Phi) is 2.39. The Bertz CT molecular complexity index is 176. The minimum atomic E-state index is 0.313. The van der Waals surface area contributed by atoms with E-state index in [0.717, 1.165) is 17.9 Å². The van der Waals surface area contributed by atoms with Crippen molar-refractivity contribution in [3.8, 4) is 0 Å². The molecule has 0 bridgehead atoms. The summed E-state index contributed by atoms with van der Waals surface area (Å²) in [6, 6.07) is 0.838. The van der Waals surface area contributed by atoms with Gasteiger partial charge in [0.2, 0.25) is 0 Å². The summed E-state index contributed by atoms with van der Waals surface area (Å²) in [5, 5.41) is 3.75. The van der Waals surface area contributed by atoms with Crippen LogP contribution in [0.2, 0.25) is 0 Å². The second-order valence-corrected chi connectivity index (χ2v) is 5.93. The van der Waals surface area contributed by atoms with Crippen LogP contribution in [0.4, 0.5) is 0 Å². The standard InChI is InChI=1S/C12H23N/c1-12(2,3)13-11-8-7-10(11)9-5-4-6-9/h9-11,13H,4-8H2,1-3H3. The fourth-order valence-electron chi connectivity index (χ4n) is 2.69. The molecule has 1 N–H and O–H groups in total. The molecule has 0 aromatic rings. The van der Waals surface area contributed by atoms with Gasteiger partial charge in [-0.2, -0.15) is 0 Å². The Morgan fingerprint density at radius 1 is 1.00 bits per heavy atom. The largest absolute Gasteiger partial charge is 0.309 e. The fraction of sp³-hybridized carbons (Fsp3) is 1.00. The van der Waals surface area contributed by atoms with Gasteiger partial charge in [-0.25, -0.2) is 0 Å². The van der Waals surface area contributed by atoms with Crippen molar-refractivity contribution in [1.29, 1.82) is 0 Å². The molecule has 2 atom stereocenters. The third kappa shape index (κ3) is 2.07. The normalized spacial score (nSPS) is 35.3. The summed E-state index contributed by atoms with van der Waals surface area (Å²) in [6.45, 7) is 6.84. The lowest BCUT2D eigenvalue weighted by atomic mass is 9.64. The van der Waals surface area contributed by atoms with Gasteiger partial charge >= 0.3 is 0 Å². The fourth-order valence-corrected chi connectivity index (χ4v) is 2.69. The van der Waals surface area contributed by atoms with Gasteiger partial charge in [-0.3, -0.25) is 0 Å². The van der Waals surface area contributed by atoms with Crippen LogP contribution >= 0.6 is 0 Å². The van der Waals surface area contributed by atoms with Crippen LogP contribution in [-0.2, 0) is 0 Å². The summed E-state index contributed by atoms with van der Waals surface area (Å²) < 4.78 is 0. The van der Waals surface area contributed by atoms with Crippen molar-refractivity contribution in [2.45, 2.75) is 64.5 Å². The summed E-state index contributed by atoms with van der Waals surface area (Å²) in [5.41, 5.74) is 0.313. The van der Waals surface area contributed by atoms with Crippen LogP contribution in [0.1, 0.15) is 52.9 Å². The zero-order chi connectivity index (χ0) is 9.47. The number of rotatable bonds is 2. The lowest BCUT2D eigenvalue weighted by Crippen LogP contribution is -2.54. The molecular weight excluding hydrogens is 158 g/mol. The Morgan fingerprint density at radius 3 is 2.00 bits per heavy atom. The molecule has 76 valence electrons. The van der Waals surface area contributed by atoms with Crippen LogP contribution in [0.5, 0.6) is 0 Å². The zero-order valence-corrected chi connectivity index (χ0v) is 9.27. The topological polar surface area (TPSA) is 12.0 Å². The van der Waals surface area contributed by atoms with E-state index in [1.54, 1.807) is 0 Å². The summed E-state index contributed by atoms with van der Waals surface area (Å²) in [5.74, 6) is 2.10. The lowest BCUT2D eigenvalue weighted by Gasteiger charge is -2.48. The highest BCUT2D eigenvalue weighted by atomic mass is 15.0. The quantitative estimate of drug-likeness (QED) is 0.690. The smallest absolute Gasteiger partial charge is 0.0103 e. The van der Waals surface area contributed by atoms with Gasteiger partial charge in [-0.05, 0) is 45.4 Å². The van der Waals surface area contributed by atoms with Crippen LogP contribution < -0.4 is 5.32 Å². The van der Waals surface area contributed by atoms with Crippen molar-refractivity contribution in [2.24, 2.45) is 11.8 Å². The van der Waals surface area contributed by atoms with Gasteiger partial charge in [0.05, 0.1) is 0 Å². The Labute approximate surface area is 82.3 Å². The summed E-state index contributed by atoms with van der Waals surface area (Å²) >= 11 is 0. The van der Waals surface area contributed by atoms with E-state index in [-0.39, 0.29) is 0 Å². The molecule has 13 heavy (non-hydrogen) atoms. The van der Waals surface area contributed by atoms with Crippen molar-refractivity contribution in [2.75, 3.05) is 0 Å². The van der Waals surface area contributed by atoms with Gasteiger partial charge in [0, 0.05) is 11.6 Å².